The predicted molar refractivity (Wildman–Crippen MR) is 79.1 cm³/mol. The highest BCUT2D eigenvalue weighted by Crippen LogP contribution is 2.10. The fourth-order valence-electron chi connectivity index (χ4n) is 1.96. The van der Waals surface area contributed by atoms with Gasteiger partial charge in [-0.2, -0.15) is 0 Å². The minimum absolute atomic E-state index is 0.146. The van der Waals surface area contributed by atoms with E-state index in [2.05, 4.69) is 6.92 Å². The van der Waals surface area contributed by atoms with E-state index >= 15 is 0 Å². The molecule has 1 atom stereocenters. The Morgan fingerprint density at radius 2 is 1.47 bits per heavy atom. The van der Waals surface area contributed by atoms with E-state index in [0.717, 1.165) is 12.8 Å². The highest BCUT2D eigenvalue weighted by molar-refractivity contribution is 5.69. The number of rotatable bonds is 13. The van der Waals surface area contributed by atoms with E-state index in [0.29, 0.717) is 12.8 Å². The van der Waals surface area contributed by atoms with Gasteiger partial charge in [-0.25, -0.2) is 0 Å². The Hall–Kier alpha value is -0.570. The number of esters is 1. The number of aliphatic hydroxyl groups is 1. The molecular formula is C16H32O3. The Bertz CT molecular complexity index is 204. The van der Waals surface area contributed by atoms with Crippen LogP contribution in [-0.4, -0.2) is 23.8 Å². The maximum Gasteiger partial charge on any atom is 0.305 e. The highest BCUT2D eigenvalue weighted by atomic mass is 16.5. The number of hydrogen-bond donors (Lipinski definition) is 1. The molecule has 0 aromatic carbocycles. The van der Waals surface area contributed by atoms with Gasteiger partial charge in [0, 0.05) is 6.42 Å². The summed E-state index contributed by atoms with van der Waals surface area (Å²) in [5.41, 5.74) is 0. The van der Waals surface area contributed by atoms with E-state index < -0.39 is 6.10 Å². The quantitative estimate of drug-likeness (QED) is 0.403. The second-order valence-electron chi connectivity index (χ2n) is 5.32. The Morgan fingerprint density at radius 1 is 0.947 bits per heavy atom. The monoisotopic (exact) mass is 272 g/mol. The van der Waals surface area contributed by atoms with Gasteiger partial charge in [-0.3, -0.25) is 4.79 Å². The first-order valence-corrected chi connectivity index (χ1v) is 8.04. The van der Waals surface area contributed by atoms with Crippen molar-refractivity contribution >= 4 is 5.97 Å². The van der Waals surface area contributed by atoms with Crippen LogP contribution < -0.4 is 0 Å². The summed E-state index contributed by atoms with van der Waals surface area (Å²) in [5.74, 6) is -0.171. The Balaban J connectivity index is 3.18. The molecule has 0 heterocycles. The van der Waals surface area contributed by atoms with Gasteiger partial charge in [-0.15, -0.1) is 0 Å². The first-order valence-electron chi connectivity index (χ1n) is 8.04. The first-order chi connectivity index (χ1) is 9.20. The van der Waals surface area contributed by atoms with E-state index in [9.17, 15) is 9.90 Å². The second-order valence-corrected chi connectivity index (χ2v) is 5.32. The van der Waals surface area contributed by atoms with Gasteiger partial charge in [0.25, 0.3) is 0 Å². The normalized spacial score (nSPS) is 12.4. The lowest BCUT2D eigenvalue weighted by molar-refractivity contribution is -0.146. The smallest absolute Gasteiger partial charge is 0.305 e. The van der Waals surface area contributed by atoms with Crippen LogP contribution in [0.4, 0.5) is 0 Å². The largest absolute Gasteiger partial charge is 0.463 e. The maximum atomic E-state index is 11.3. The molecule has 0 bridgehead atoms. The van der Waals surface area contributed by atoms with Crippen molar-refractivity contribution in [3.63, 3.8) is 0 Å². The molecule has 0 rings (SSSR count). The number of carbonyl (C=O) groups is 1. The lowest BCUT2D eigenvalue weighted by Crippen LogP contribution is -2.17. The molecule has 0 aromatic heterocycles. The third-order valence-electron chi connectivity index (χ3n) is 3.39. The van der Waals surface area contributed by atoms with Gasteiger partial charge in [0.2, 0.25) is 0 Å². The van der Waals surface area contributed by atoms with Crippen LogP contribution >= 0.6 is 0 Å². The standard InChI is InChI=1S/C16H32O3/c1-3-5-6-7-8-9-10-11-12-13-16(18)19-14-15(17)4-2/h15,17H,3-14H2,1-2H3. The lowest BCUT2D eigenvalue weighted by Gasteiger charge is -2.08. The summed E-state index contributed by atoms with van der Waals surface area (Å²) in [6.45, 7) is 4.25. The van der Waals surface area contributed by atoms with E-state index in [1.54, 1.807) is 0 Å². The Labute approximate surface area is 118 Å². The van der Waals surface area contributed by atoms with Crippen LogP contribution in [0.5, 0.6) is 0 Å². The van der Waals surface area contributed by atoms with Crippen molar-refractivity contribution in [2.75, 3.05) is 6.61 Å². The van der Waals surface area contributed by atoms with Gasteiger partial charge in [-0.1, -0.05) is 65.2 Å². The molecule has 114 valence electrons. The zero-order chi connectivity index (χ0) is 14.3. The second kappa shape index (κ2) is 13.9. The predicted octanol–water partition coefficient (Wildman–Crippen LogP) is 4.22. The minimum Gasteiger partial charge on any atom is -0.463 e. The van der Waals surface area contributed by atoms with Crippen molar-refractivity contribution in [2.45, 2.75) is 90.6 Å². The zero-order valence-electron chi connectivity index (χ0n) is 12.8. The van der Waals surface area contributed by atoms with Crippen LogP contribution in [0.25, 0.3) is 0 Å². The summed E-state index contributed by atoms with van der Waals surface area (Å²) < 4.78 is 4.98. The third kappa shape index (κ3) is 13.7. The summed E-state index contributed by atoms with van der Waals surface area (Å²) in [4.78, 5) is 11.3. The topological polar surface area (TPSA) is 46.5 Å². The molecule has 3 heteroatoms. The molecule has 0 aliphatic carbocycles. The van der Waals surface area contributed by atoms with Crippen LogP contribution in [0.3, 0.4) is 0 Å². The average molecular weight is 272 g/mol. The van der Waals surface area contributed by atoms with Gasteiger partial charge in [-0.05, 0) is 12.8 Å². The maximum absolute atomic E-state index is 11.3. The molecule has 0 saturated heterocycles. The molecule has 0 aliphatic heterocycles. The van der Waals surface area contributed by atoms with Gasteiger partial charge in [0.05, 0.1) is 6.10 Å². The fourth-order valence-corrected chi connectivity index (χ4v) is 1.96. The van der Waals surface area contributed by atoms with Crippen molar-refractivity contribution in [2.24, 2.45) is 0 Å². The third-order valence-corrected chi connectivity index (χ3v) is 3.39. The van der Waals surface area contributed by atoms with Crippen molar-refractivity contribution in [1.29, 1.82) is 0 Å². The average Bonchev–Trinajstić information content (AvgIpc) is 2.42. The van der Waals surface area contributed by atoms with Gasteiger partial charge in [0.1, 0.15) is 6.61 Å². The molecule has 1 N–H and O–H groups in total. The van der Waals surface area contributed by atoms with Crippen LogP contribution in [0.2, 0.25) is 0 Å². The van der Waals surface area contributed by atoms with E-state index in [4.69, 9.17) is 4.74 Å². The zero-order valence-corrected chi connectivity index (χ0v) is 12.8. The Morgan fingerprint density at radius 3 is 2.00 bits per heavy atom. The van der Waals surface area contributed by atoms with E-state index in [-0.39, 0.29) is 12.6 Å². The van der Waals surface area contributed by atoms with E-state index in [1.807, 2.05) is 6.92 Å². The van der Waals surface area contributed by atoms with Gasteiger partial charge < -0.3 is 9.84 Å². The lowest BCUT2D eigenvalue weighted by atomic mass is 10.1. The van der Waals surface area contributed by atoms with Crippen LogP contribution in [0.1, 0.15) is 84.5 Å². The number of unbranched alkanes of at least 4 members (excludes halogenated alkanes) is 8. The molecule has 0 aliphatic rings. The highest BCUT2D eigenvalue weighted by Gasteiger charge is 2.06. The van der Waals surface area contributed by atoms with Crippen molar-refractivity contribution in [3.8, 4) is 0 Å². The fraction of sp³-hybridized carbons (Fsp3) is 0.938. The molecule has 19 heavy (non-hydrogen) atoms. The van der Waals surface area contributed by atoms with Crippen molar-refractivity contribution in [3.05, 3.63) is 0 Å². The van der Waals surface area contributed by atoms with Gasteiger partial charge >= 0.3 is 5.97 Å². The summed E-state index contributed by atoms with van der Waals surface area (Å²) in [5, 5.41) is 9.26. The van der Waals surface area contributed by atoms with Crippen LogP contribution in [-0.2, 0) is 9.53 Å². The Kier molecular flexibility index (Phi) is 13.4. The van der Waals surface area contributed by atoms with Crippen molar-refractivity contribution < 1.29 is 14.6 Å². The summed E-state index contributed by atoms with van der Waals surface area (Å²) in [7, 11) is 0. The van der Waals surface area contributed by atoms with Gasteiger partial charge in [0.15, 0.2) is 0 Å². The molecule has 3 nitrogen and oxygen atoms in total. The SMILES string of the molecule is CCCCCCCCCCCC(=O)OCC(O)CC. The van der Waals surface area contributed by atoms with E-state index in [1.165, 1.54) is 44.9 Å². The minimum atomic E-state index is -0.507. The summed E-state index contributed by atoms with van der Waals surface area (Å²) in [6.07, 6.45) is 11.8. The molecular weight excluding hydrogens is 240 g/mol. The molecule has 1 unspecified atom stereocenters. The van der Waals surface area contributed by atoms with Crippen molar-refractivity contribution in [1.82, 2.24) is 0 Å². The number of ether oxygens (including phenoxy) is 1. The molecule has 0 aromatic rings. The summed E-state index contributed by atoms with van der Waals surface area (Å²) in [6, 6.07) is 0. The molecule has 0 saturated carbocycles. The summed E-state index contributed by atoms with van der Waals surface area (Å²) >= 11 is 0. The first kappa shape index (κ1) is 18.4. The molecule has 0 radical (unpaired) electrons. The number of aliphatic hydroxyl groups excluding tert-OH is 1. The van der Waals surface area contributed by atoms with Crippen LogP contribution in [0, 0.1) is 0 Å². The molecule has 0 fully saturated rings. The number of carbonyl (C=O) groups excluding carboxylic acids is 1. The molecule has 0 amide bonds. The number of hydrogen-bond acceptors (Lipinski definition) is 3. The molecule has 0 spiro atoms. The van der Waals surface area contributed by atoms with Crippen LogP contribution in [0.15, 0.2) is 0 Å².